The minimum atomic E-state index is -5.79. The van der Waals surface area contributed by atoms with E-state index in [9.17, 15) is 31.1 Å². The number of nitrogens with zero attached hydrogens (tertiary/aromatic N) is 2. The van der Waals surface area contributed by atoms with Crippen LogP contribution in [0, 0.1) is 0 Å². The van der Waals surface area contributed by atoms with E-state index in [1.807, 2.05) is 20.8 Å². The molecule has 4 nitrogen and oxygen atoms in total. The van der Waals surface area contributed by atoms with Gasteiger partial charge in [-0.25, -0.2) is 4.79 Å². The van der Waals surface area contributed by atoms with E-state index in [1.165, 1.54) is 0 Å². The van der Waals surface area contributed by atoms with E-state index < -0.39 is 35.2 Å². The Labute approximate surface area is 159 Å². The van der Waals surface area contributed by atoms with Gasteiger partial charge < -0.3 is 14.5 Å². The molecule has 0 bridgehead atoms. The highest BCUT2D eigenvalue weighted by atomic mass is 19.4. The summed E-state index contributed by atoms with van der Waals surface area (Å²) in [7, 11) is 6.78. The molecule has 0 aliphatic carbocycles. The monoisotopic (exact) mass is 396 g/mol. The van der Waals surface area contributed by atoms with Crippen molar-refractivity contribution in [3.63, 3.8) is 0 Å². The summed E-state index contributed by atoms with van der Waals surface area (Å²) in [5, 5.41) is -0.707. The van der Waals surface area contributed by atoms with Gasteiger partial charge in [0.05, 0.1) is 0 Å². The lowest BCUT2D eigenvalue weighted by Crippen LogP contribution is -2.77. The largest absolute Gasteiger partial charge is 0.433 e. The predicted octanol–water partition coefficient (Wildman–Crippen LogP) is -2.17. The first-order valence-corrected chi connectivity index (χ1v) is 8.60. The summed E-state index contributed by atoms with van der Waals surface area (Å²) in [6.07, 6.45) is -13.2. The molecule has 15 heteroatoms. The van der Waals surface area contributed by atoms with E-state index in [1.54, 1.807) is 31.4 Å². The fourth-order valence-corrected chi connectivity index (χ4v) is 3.94. The smallest absolute Gasteiger partial charge is 0.428 e. The minimum absolute atomic E-state index is 0.0491. The molecule has 0 spiro atoms. The van der Waals surface area contributed by atoms with Crippen LogP contribution < -0.4 is 0 Å². The number of carbonyl (C=O) groups is 1. The summed E-state index contributed by atoms with van der Waals surface area (Å²) < 4.78 is 82.3. The lowest BCUT2D eigenvalue weighted by Gasteiger charge is -2.60. The number of ether oxygens (including phenoxy) is 1. The van der Waals surface area contributed by atoms with Crippen LogP contribution in [0.3, 0.4) is 0 Å². The van der Waals surface area contributed by atoms with E-state index in [0.29, 0.717) is 0 Å². The van der Waals surface area contributed by atoms with Crippen molar-refractivity contribution in [3.05, 3.63) is 0 Å². The van der Waals surface area contributed by atoms with Crippen molar-refractivity contribution in [2.24, 2.45) is 0 Å². The van der Waals surface area contributed by atoms with Gasteiger partial charge in [0, 0.05) is 18.0 Å². The Hall–Kier alpha value is -0.865. The molecule has 1 saturated heterocycles. The zero-order chi connectivity index (χ0) is 21.8. The summed E-state index contributed by atoms with van der Waals surface area (Å²) in [4.78, 5) is 15.4. The van der Waals surface area contributed by atoms with Gasteiger partial charge in [-0.2, -0.15) is 26.3 Å². The van der Waals surface area contributed by atoms with E-state index in [4.69, 9.17) is 0 Å². The van der Waals surface area contributed by atoms with Crippen LogP contribution in [0.25, 0.3) is 0 Å². The number of carbonyl (C=O) groups excluding carboxylic acids is 1. The number of rotatable bonds is 1. The fraction of sp³-hybridized carbons (Fsp3) is 0.917. The van der Waals surface area contributed by atoms with Gasteiger partial charge in [0.25, 0.3) is 5.50 Å². The standard InChI is InChI=1S/C12H23B5F6N2O2/c1-8(2,3)25-5(13)4-24(6(14)9(25,15)16)7(26)27-10(17,11(18,19)20)12(21,22)23/h5-6H,4,13-17H2,1-3H3. The Morgan fingerprint density at radius 3 is 1.78 bits per heavy atom. The van der Waals surface area contributed by atoms with Gasteiger partial charge in [0.2, 0.25) is 0 Å². The first-order chi connectivity index (χ1) is 11.7. The van der Waals surface area contributed by atoms with Crippen LogP contribution in [0.2, 0.25) is 0 Å². The number of piperazine rings is 1. The van der Waals surface area contributed by atoms with Crippen molar-refractivity contribution in [3.8, 4) is 0 Å². The maximum Gasteiger partial charge on any atom is 0.428 e. The molecule has 0 aromatic heterocycles. The number of alkyl halides is 6. The van der Waals surface area contributed by atoms with Crippen molar-refractivity contribution >= 4 is 45.3 Å². The molecule has 1 rings (SSSR count). The second-order valence-electron chi connectivity index (χ2n) is 8.77. The molecule has 27 heavy (non-hydrogen) atoms. The molecule has 2 atom stereocenters. The normalized spacial score (nSPS) is 25.3. The molecule has 1 amide bonds. The summed E-state index contributed by atoms with van der Waals surface area (Å²) >= 11 is 0. The zero-order valence-corrected chi connectivity index (χ0v) is 16.8. The highest BCUT2D eigenvalue weighted by Gasteiger charge is 2.71. The molecule has 0 saturated carbocycles. The van der Waals surface area contributed by atoms with E-state index >= 15 is 0 Å². The van der Waals surface area contributed by atoms with Crippen LogP contribution in [0.5, 0.6) is 0 Å². The van der Waals surface area contributed by atoms with Gasteiger partial charge in [-0.3, -0.25) is 0 Å². The summed E-state index contributed by atoms with van der Waals surface area (Å²) in [6.45, 7) is 5.81. The molecule has 0 aromatic carbocycles. The van der Waals surface area contributed by atoms with Gasteiger partial charge in [-0.15, -0.1) is 0 Å². The van der Waals surface area contributed by atoms with Gasteiger partial charge in [0.15, 0.2) is 7.85 Å². The highest BCUT2D eigenvalue weighted by Crippen LogP contribution is 2.44. The predicted molar refractivity (Wildman–Crippen MR) is 103 cm³/mol. The molecular formula is C12H23B5F6N2O2. The molecule has 150 valence electrons. The number of amides is 1. The lowest BCUT2D eigenvalue weighted by atomic mass is 9.48. The third-order valence-electron chi connectivity index (χ3n) is 5.34. The van der Waals surface area contributed by atoms with Gasteiger partial charge in [-0.1, -0.05) is 0 Å². The third kappa shape index (κ3) is 4.27. The van der Waals surface area contributed by atoms with Crippen LogP contribution >= 0.6 is 0 Å². The highest BCUT2D eigenvalue weighted by molar-refractivity contribution is 6.44. The summed E-state index contributed by atoms with van der Waals surface area (Å²) in [5.74, 6) is -0.974. The average molecular weight is 395 g/mol. The van der Waals surface area contributed by atoms with Crippen molar-refractivity contribution in [2.45, 2.75) is 61.4 Å². The topological polar surface area (TPSA) is 32.8 Å². The lowest BCUT2D eigenvalue weighted by molar-refractivity contribution is -0.331. The molecule has 0 radical (unpaired) electrons. The third-order valence-corrected chi connectivity index (χ3v) is 5.34. The van der Waals surface area contributed by atoms with Gasteiger partial charge in [-0.05, 0) is 32.1 Å². The van der Waals surface area contributed by atoms with Gasteiger partial charge in [0.1, 0.15) is 31.4 Å². The van der Waals surface area contributed by atoms with E-state index in [0.717, 1.165) is 4.90 Å². The number of halogens is 6. The van der Waals surface area contributed by atoms with Crippen molar-refractivity contribution in [1.82, 2.24) is 9.80 Å². The van der Waals surface area contributed by atoms with Crippen molar-refractivity contribution in [1.29, 1.82) is 0 Å². The van der Waals surface area contributed by atoms with Crippen molar-refractivity contribution in [2.75, 3.05) is 6.54 Å². The average Bonchev–Trinajstić information content (AvgIpc) is 2.38. The van der Waals surface area contributed by atoms with Crippen LogP contribution in [0.1, 0.15) is 20.8 Å². The second kappa shape index (κ2) is 6.88. The molecular weight excluding hydrogens is 372 g/mol. The quantitative estimate of drug-likeness (QED) is 0.374. The number of hydrogen-bond acceptors (Lipinski definition) is 3. The summed E-state index contributed by atoms with van der Waals surface area (Å²) in [6, 6.07) is 0. The van der Waals surface area contributed by atoms with Crippen LogP contribution in [-0.2, 0) is 4.74 Å². The molecule has 1 aliphatic heterocycles. The summed E-state index contributed by atoms with van der Waals surface area (Å²) in [5.41, 5.74) is -4.90. The molecule has 0 N–H and O–H groups in total. The maximum absolute atomic E-state index is 13.0. The number of hydrogen-bond donors (Lipinski definition) is 0. The second-order valence-corrected chi connectivity index (χ2v) is 8.77. The van der Waals surface area contributed by atoms with Crippen LogP contribution in [0.15, 0.2) is 0 Å². The Kier molecular flexibility index (Phi) is 6.16. The Morgan fingerprint density at radius 1 is 1.04 bits per heavy atom. The first kappa shape index (κ1) is 24.2. The zero-order valence-electron chi connectivity index (χ0n) is 16.8. The Bertz CT molecular complexity index is 566. The van der Waals surface area contributed by atoms with Gasteiger partial charge >= 0.3 is 18.4 Å². The molecule has 0 aromatic rings. The van der Waals surface area contributed by atoms with Crippen LogP contribution in [-0.4, -0.2) is 102 Å². The first-order valence-electron chi connectivity index (χ1n) is 8.60. The Balaban J connectivity index is 3.23. The maximum atomic E-state index is 13.0. The SMILES string of the molecule is BC1CN(C(=O)OC(B)(C(F)(F)F)C(F)(F)F)C(B)C(B)(B)N1C(C)(C)C. The Morgan fingerprint density at radius 2 is 1.44 bits per heavy atom. The van der Waals surface area contributed by atoms with E-state index in [-0.39, 0.29) is 25.9 Å². The molecule has 1 aliphatic rings. The fourth-order valence-electron chi connectivity index (χ4n) is 3.94. The molecule has 1 fully saturated rings. The molecule has 2 unspecified atom stereocenters. The van der Waals surface area contributed by atoms with E-state index in [2.05, 4.69) is 9.64 Å². The van der Waals surface area contributed by atoms with Crippen LogP contribution in [0.4, 0.5) is 31.1 Å². The van der Waals surface area contributed by atoms with Crippen molar-refractivity contribution < 1.29 is 35.9 Å². The minimum Gasteiger partial charge on any atom is -0.433 e. The molecule has 1 heterocycles.